The quantitative estimate of drug-likeness (QED) is 0.848. The van der Waals surface area contributed by atoms with Crippen LogP contribution >= 0.6 is 11.3 Å². The number of hydrogen-bond acceptors (Lipinski definition) is 5. The first-order valence-corrected chi connectivity index (χ1v) is 7.65. The monoisotopic (exact) mass is 318 g/mol. The van der Waals surface area contributed by atoms with E-state index in [0.29, 0.717) is 10.7 Å². The van der Waals surface area contributed by atoms with Crippen LogP contribution in [0.3, 0.4) is 0 Å². The van der Waals surface area contributed by atoms with Crippen molar-refractivity contribution in [2.45, 2.75) is 6.54 Å². The molecule has 0 radical (unpaired) electrons. The molecule has 116 valence electrons. The Labute approximate surface area is 133 Å². The van der Waals surface area contributed by atoms with Gasteiger partial charge in [-0.2, -0.15) is 0 Å². The van der Waals surface area contributed by atoms with Crippen molar-refractivity contribution in [1.29, 1.82) is 0 Å². The van der Waals surface area contributed by atoms with Gasteiger partial charge in [-0.1, -0.05) is 18.2 Å². The summed E-state index contributed by atoms with van der Waals surface area (Å²) in [5.74, 6) is -0.571. The minimum absolute atomic E-state index is 0.0870. The van der Waals surface area contributed by atoms with Crippen molar-refractivity contribution in [3.63, 3.8) is 0 Å². The molecule has 0 aliphatic heterocycles. The third-order valence-corrected chi connectivity index (χ3v) is 3.53. The van der Waals surface area contributed by atoms with Crippen LogP contribution < -0.4 is 10.6 Å². The summed E-state index contributed by atoms with van der Waals surface area (Å²) in [6.07, 6.45) is 0. The van der Waals surface area contributed by atoms with Crippen molar-refractivity contribution in [2.24, 2.45) is 0 Å². The van der Waals surface area contributed by atoms with Gasteiger partial charge in [0.05, 0.1) is 12.2 Å². The summed E-state index contributed by atoms with van der Waals surface area (Å²) >= 11 is 1.37. The Morgan fingerprint density at radius 2 is 1.95 bits per heavy atom. The highest BCUT2D eigenvalue weighted by Crippen LogP contribution is 2.15. The second kappa shape index (κ2) is 7.67. The SMILES string of the molecule is CN(C)Cc1csc(NC(=O)CNC(=O)c2ccccc2)n1. The minimum Gasteiger partial charge on any atom is -0.343 e. The number of carbonyl (C=O) groups excluding carboxylic acids is 2. The van der Waals surface area contributed by atoms with Crippen molar-refractivity contribution >= 4 is 28.3 Å². The van der Waals surface area contributed by atoms with Gasteiger partial charge in [0.15, 0.2) is 5.13 Å². The number of anilines is 1. The predicted molar refractivity (Wildman–Crippen MR) is 86.9 cm³/mol. The lowest BCUT2D eigenvalue weighted by Crippen LogP contribution is -2.32. The van der Waals surface area contributed by atoms with E-state index in [1.807, 2.05) is 30.4 Å². The molecule has 7 heteroatoms. The van der Waals surface area contributed by atoms with E-state index >= 15 is 0 Å². The van der Waals surface area contributed by atoms with E-state index < -0.39 is 0 Å². The first-order valence-electron chi connectivity index (χ1n) is 6.77. The molecule has 6 nitrogen and oxygen atoms in total. The highest BCUT2D eigenvalue weighted by molar-refractivity contribution is 7.13. The smallest absolute Gasteiger partial charge is 0.251 e. The average molecular weight is 318 g/mol. The van der Waals surface area contributed by atoms with Crippen molar-refractivity contribution < 1.29 is 9.59 Å². The van der Waals surface area contributed by atoms with Crippen molar-refractivity contribution in [3.8, 4) is 0 Å². The molecule has 2 aromatic rings. The lowest BCUT2D eigenvalue weighted by molar-refractivity contribution is -0.115. The van der Waals surface area contributed by atoms with Crippen LogP contribution in [-0.2, 0) is 11.3 Å². The number of aromatic nitrogens is 1. The molecule has 1 aromatic heterocycles. The fraction of sp³-hybridized carbons (Fsp3) is 0.267. The zero-order chi connectivity index (χ0) is 15.9. The van der Waals surface area contributed by atoms with Gasteiger partial charge in [0, 0.05) is 17.5 Å². The van der Waals surface area contributed by atoms with Gasteiger partial charge in [0.2, 0.25) is 5.91 Å². The van der Waals surface area contributed by atoms with E-state index in [1.165, 1.54) is 11.3 Å². The van der Waals surface area contributed by atoms with Gasteiger partial charge in [-0.25, -0.2) is 4.98 Å². The molecule has 0 fully saturated rings. The molecule has 2 N–H and O–H groups in total. The predicted octanol–water partition coefficient (Wildman–Crippen LogP) is 1.57. The van der Waals surface area contributed by atoms with Crippen LogP contribution in [0.15, 0.2) is 35.7 Å². The van der Waals surface area contributed by atoms with Crippen LogP contribution in [-0.4, -0.2) is 42.3 Å². The number of nitrogens with zero attached hydrogens (tertiary/aromatic N) is 2. The maximum atomic E-state index is 11.8. The molecule has 0 unspecified atom stereocenters. The van der Waals surface area contributed by atoms with Gasteiger partial charge in [-0.3, -0.25) is 9.59 Å². The molecule has 0 spiro atoms. The van der Waals surface area contributed by atoms with Crippen LogP contribution in [0.1, 0.15) is 16.1 Å². The zero-order valence-electron chi connectivity index (χ0n) is 12.5. The third-order valence-electron chi connectivity index (χ3n) is 2.72. The minimum atomic E-state index is -0.296. The van der Waals surface area contributed by atoms with Crippen LogP contribution in [0.2, 0.25) is 0 Å². The number of thiazole rings is 1. The molecule has 2 rings (SSSR count). The van der Waals surface area contributed by atoms with E-state index in [1.54, 1.807) is 24.3 Å². The van der Waals surface area contributed by atoms with E-state index in [9.17, 15) is 9.59 Å². The molecule has 0 saturated carbocycles. The molecule has 2 amide bonds. The van der Waals surface area contributed by atoms with E-state index in [0.717, 1.165) is 12.2 Å². The lowest BCUT2D eigenvalue weighted by Gasteiger charge is -2.06. The van der Waals surface area contributed by atoms with Crippen LogP contribution in [0.5, 0.6) is 0 Å². The summed E-state index contributed by atoms with van der Waals surface area (Å²) in [7, 11) is 3.91. The number of amides is 2. The molecule has 0 atom stereocenters. The Morgan fingerprint density at radius 1 is 1.23 bits per heavy atom. The first-order chi connectivity index (χ1) is 10.5. The molecule has 0 saturated heterocycles. The molecule has 1 aromatic carbocycles. The van der Waals surface area contributed by atoms with E-state index in [4.69, 9.17) is 0 Å². The molecule has 1 heterocycles. The Balaban J connectivity index is 1.80. The maximum absolute atomic E-state index is 11.8. The second-order valence-electron chi connectivity index (χ2n) is 4.98. The fourth-order valence-corrected chi connectivity index (χ4v) is 2.49. The average Bonchev–Trinajstić information content (AvgIpc) is 2.92. The van der Waals surface area contributed by atoms with Crippen molar-refractivity contribution in [3.05, 3.63) is 47.0 Å². The Hall–Kier alpha value is -2.25. The summed E-state index contributed by atoms with van der Waals surface area (Å²) in [4.78, 5) is 29.9. The molecular weight excluding hydrogens is 300 g/mol. The first kappa shape index (κ1) is 16.1. The molecule has 0 bridgehead atoms. The number of nitrogens with one attached hydrogen (secondary N) is 2. The summed E-state index contributed by atoms with van der Waals surface area (Å²) < 4.78 is 0. The van der Waals surface area contributed by atoms with Gasteiger partial charge < -0.3 is 15.5 Å². The summed E-state index contributed by atoms with van der Waals surface area (Å²) in [6, 6.07) is 8.77. The Kier molecular flexibility index (Phi) is 5.62. The van der Waals surface area contributed by atoms with Gasteiger partial charge in [0.1, 0.15) is 0 Å². The highest BCUT2D eigenvalue weighted by atomic mass is 32.1. The van der Waals surface area contributed by atoms with Crippen LogP contribution in [0.25, 0.3) is 0 Å². The fourth-order valence-electron chi connectivity index (χ4n) is 1.78. The summed E-state index contributed by atoms with van der Waals surface area (Å²) in [6.45, 7) is 0.632. The normalized spacial score (nSPS) is 10.5. The number of carbonyl (C=O) groups is 2. The summed E-state index contributed by atoms with van der Waals surface area (Å²) in [5.41, 5.74) is 1.43. The van der Waals surface area contributed by atoms with E-state index in [2.05, 4.69) is 15.6 Å². The Morgan fingerprint density at radius 3 is 2.64 bits per heavy atom. The van der Waals surface area contributed by atoms with Crippen LogP contribution in [0.4, 0.5) is 5.13 Å². The molecule has 0 aliphatic rings. The topological polar surface area (TPSA) is 74.3 Å². The summed E-state index contributed by atoms with van der Waals surface area (Å²) in [5, 5.41) is 7.69. The van der Waals surface area contributed by atoms with Crippen LogP contribution in [0, 0.1) is 0 Å². The lowest BCUT2D eigenvalue weighted by atomic mass is 10.2. The number of hydrogen-bond donors (Lipinski definition) is 2. The molecule has 0 aliphatic carbocycles. The van der Waals surface area contributed by atoms with Gasteiger partial charge in [-0.15, -0.1) is 11.3 Å². The standard InChI is InChI=1S/C15H18N4O2S/c1-19(2)9-12-10-22-15(17-12)18-13(20)8-16-14(21)11-6-4-3-5-7-11/h3-7,10H,8-9H2,1-2H3,(H,16,21)(H,17,18,20). The second-order valence-corrected chi connectivity index (χ2v) is 5.84. The largest absolute Gasteiger partial charge is 0.343 e. The maximum Gasteiger partial charge on any atom is 0.251 e. The number of benzene rings is 1. The highest BCUT2D eigenvalue weighted by Gasteiger charge is 2.10. The molecular formula is C15H18N4O2S. The van der Waals surface area contributed by atoms with Crippen molar-refractivity contribution in [1.82, 2.24) is 15.2 Å². The number of rotatable bonds is 6. The van der Waals surface area contributed by atoms with Gasteiger partial charge in [0.25, 0.3) is 5.91 Å². The molecule has 22 heavy (non-hydrogen) atoms. The van der Waals surface area contributed by atoms with Gasteiger partial charge >= 0.3 is 0 Å². The van der Waals surface area contributed by atoms with Gasteiger partial charge in [-0.05, 0) is 26.2 Å². The zero-order valence-corrected chi connectivity index (χ0v) is 13.3. The van der Waals surface area contributed by atoms with E-state index in [-0.39, 0.29) is 18.4 Å². The Bertz CT molecular complexity index is 640. The third kappa shape index (κ3) is 4.94. The van der Waals surface area contributed by atoms with Crippen molar-refractivity contribution in [2.75, 3.05) is 26.0 Å².